The van der Waals surface area contributed by atoms with E-state index in [0.717, 1.165) is 49.8 Å². The second-order valence-corrected chi connectivity index (χ2v) is 19.4. The fourth-order valence-electron chi connectivity index (χ4n) is 9.40. The lowest BCUT2D eigenvalue weighted by atomic mass is 9.82. The number of carbonyl (C=O) groups is 4. The van der Waals surface area contributed by atoms with Gasteiger partial charge in [-0.1, -0.05) is 19.1 Å². The van der Waals surface area contributed by atoms with Crippen LogP contribution in [0.3, 0.4) is 0 Å². The number of anilines is 3. The molecule has 5 atom stereocenters. The van der Waals surface area contributed by atoms with Gasteiger partial charge in [-0.2, -0.15) is 0 Å². The number of ether oxygens (including phenoxy) is 1. The van der Waals surface area contributed by atoms with Crippen LogP contribution in [0, 0.1) is 5.92 Å². The van der Waals surface area contributed by atoms with Gasteiger partial charge in [-0.25, -0.2) is 0 Å². The van der Waals surface area contributed by atoms with Crippen molar-refractivity contribution in [3.8, 4) is 0 Å². The topological polar surface area (TPSA) is 131 Å². The maximum absolute atomic E-state index is 15.1. The summed E-state index contributed by atoms with van der Waals surface area (Å²) in [5.74, 6) is -0.720. The van der Waals surface area contributed by atoms with Crippen molar-refractivity contribution in [1.29, 1.82) is 0 Å². The molecule has 0 radical (unpaired) electrons. The van der Waals surface area contributed by atoms with Crippen LogP contribution in [0.5, 0.6) is 0 Å². The highest BCUT2D eigenvalue weighted by molar-refractivity contribution is 6.71. The van der Waals surface area contributed by atoms with Gasteiger partial charge in [-0.3, -0.25) is 19.2 Å². The van der Waals surface area contributed by atoms with Crippen LogP contribution in [-0.2, 0) is 36.1 Å². The van der Waals surface area contributed by atoms with Gasteiger partial charge in [0.15, 0.2) is 13.9 Å². The second kappa shape index (κ2) is 13.5. The van der Waals surface area contributed by atoms with Gasteiger partial charge < -0.3 is 34.2 Å². The monoisotopic (exact) mass is 702 g/mol. The summed E-state index contributed by atoms with van der Waals surface area (Å²) in [6, 6.07) is 13.3. The zero-order valence-electron chi connectivity index (χ0n) is 29.5. The predicted octanol–water partition coefficient (Wildman–Crippen LogP) is 4.44. The molecule has 2 aromatic carbocycles. The van der Waals surface area contributed by atoms with E-state index < -0.39 is 31.5 Å². The predicted molar refractivity (Wildman–Crippen MR) is 192 cm³/mol. The highest BCUT2D eigenvalue weighted by Crippen LogP contribution is 2.60. The van der Waals surface area contributed by atoms with Crippen LogP contribution >= 0.6 is 0 Å². The third-order valence-corrected chi connectivity index (χ3v) is 14.3. The zero-order valence-corrected chi connectivity index (χ0v) is 30.5. The first-order valence-corrected chi connectivity index (χ1v) is 21.4. The minimum Gasteiger partial charge on any atom is -0.432 e. The molecular formula is C38H50N4O7Si. The van der Waals surface area contributed by atoms with Crippen molar-refractivity contribution in [3.05, 3.63) is 53.6 Å². The average molecular weight is 703 g/mol. The van der Waals surface area contributed by atoms with Crippen LogP contribution in [0.2, 0.25) is 18.6 Å². The molecule has 0 saturated carbocycles. The molecule has 1 spiro atoms. The number of carbonyl (C=O) groups excluding carboxylic acids is 4. The van der Waals surface area contributed by atoms with Gasteiger partial charge in [-0.15, -0.1) is 0 Å². The van der Waals surface area contributed by atoms with Gasteiger partial charge in [0.1, 0.15) is 0 Å². The summed E-state index contributed by atoms with van der Waals surface area (Å²) in [6.45, 7) is 7.60. The molecule has 0 aliphatic carbocycles. The van der Waals surface area contributed by atoms with Crippen LogP contribution in [0.15, 0.2) is 42.5 Å². The molecule has 5 aliphatic rings. The van der Waals surface area contributed by atoms with Crippen molar-refractivity contribution in [2.24, 2.45) is 5.92 Å². The molecule has 0 bridgehead atoms. The standard InChI is InChI=1S/C38H50N4O7Si/c1-25-36(50(2,3)48)32(22-35(46)41-19-9-12-29(41)24-43)49-38(25)30-21-28(40-18-7-5-14-34(40)45)15-16-31(30)42(37(38)47)23-26-10-8-11-27(20-26)39-17-6-4-13-33(39)44/h8,10-11,15-16,20-21,25,29,32,36,43,48H,4-7,9,12-14,17-19,22-24H2,1-3H3/t25-,29+,32+,36-,38+/m1/s1. The summed E-state index contributed by atoms with van der Waals surface area (Å²) in [5, 5.41) is 9.93. The van der Waals surface area contributed by atoms with E-state index in [1.807, 2.05) is 67.4 Å². The Morgan fingerprint density at radius 3 is 2.24 bits per heavy atom. The number of aliphatic hydroxyl groups excluding tert-OH is 1. The molecular weight excluding hydrogens is 653 g/mol. The fourth-order valence-corrected chi connectivity index (χ4v) is 12.0. The molecule has 4 fully saturated rings. The lowest BCUT2D eigenvalue weighted by Crippen LogP contribution is -2.46. The molecule has 5 heterocycles. The van der Waals surface area contributed by atoms with Gasteiger partial charge in [0.2, 0.25) is 17.7 Å². The van der Waals surface area contributed by atoms with Gasteiger partial charge >= 0.3 is 0 Å². The van der Waals surface area contributed by atoms with Crippen molar-refractivity contribution in [2.75, 3.05) is 40.9 Å². The number of piperidine rings is 2. The summed E-state index contributed by atoms with van der Waals surface area (Å²) in [5.41, 5.74) is 1.80. The molecule has 50 heavy (non-hydrogen) atoms. The molecule has 0 unspecified atom stereocenters. The van der Waals surface area contributed by atoms with E-state index in [4.69, 9.17) is 4.74 Å². The normalized spacial score (nSPS) is 28.7. The van der Waals surface area contributed by atoms with E-state index >= 15 is 4.79 Å². The van der Waals surface area contributed by atoms with E-state index in [1.54, 1.807) is 14.7 Å². The molecule has 2 N–H and O–H groups in total. The van der Waals surface area contributed by atoms with Crippen molar-refractivity contribution in [3.63, 3.8) is 0 Å². The number of nitrogens with zero attached hydrogens (tertiary/aromatic N) is 4. The quantitative estimate of drug-likeness (QED) is 0.389. The lowest BCUT2D eigenvalue weighted by Gasteiger charge is -2.33. The van der Waals surface area contributed by atoms with E-state index in [1.165, 1.54) is 0 Å². The number of benzene rings is 2. The number of hydrogen-bond acceptors (Lipinski definition) is 7. The molecule has 0 aromatic heterocycles. The molecule has 5 aliphatic heterocycles. The van der Waals surface area contributed by atoms with Crippen molar-refractivity contribution in [2.45, 2.75) is 108 Å². The van der Waals surface area contributed by atoms with E-state index in [9.17, 15) is 24.3 Å². The third-order valence-electron chi connectivity index (χ3n) is 11.8. The van der Waals surface area contributed by atoms with Gasteiger partial charge in [0, 0.05) is 60.9 Å². The number of aliphatic hydroxyl groups is 1. The van der Waals surface area contributed by atoms with Gasteiger partial charge in [0.25, 0.3) is 5.91 Å². The van der Waals surface area contributed by atoms with Crippen molar-refractivity contribution < 1.29 is 33.8 Å². The summed E-state index contributed by atoms with van der Waals surface area (Å²) in [7, 11) is -3.03. The molecule has 4 saturated heterocycles. The maximum Gasteiger partial charge on any atom is 0.264 e. The SMILES string of the molecule is C[C@@H]1[C@@H]([Si](C)(C)O)[C@H](CC(=O)N2CCC[C@H]2CO)O[C@@]12C(=O)N(Cc1cccc(N3CCCCC3=O)c1)c1ccc(N3CCCCC3=O)cc12. The molecule has 2 aromatic rings. The van der Waals surface area contributed by atoms with E-state index in [2.05, 4.69) is 0 Å². The summed E-state index contributed by atoms with van der Waals surface area (Å²) < 4.78 is 6.99. The molecule has 4 amide bonds. The highest BCUT2D eigenvalue weighted by atomic mass is 28.4. The van der Waals surface area contributed by atoms with Crippen LogP contribution in [-0.4, -0.2) is 85.1 Å². The fraction of sp³-hybridized carbons (Fsp3) is 0.579. The second-order valence-electron chi connectivity index (χ2n) is 15.4. The smallest absolute Gasteiger partial charge is 0.264 e. The zero-order chi connectivity index (χ0) is 35.4. The lowest BCUT2D eigenvalue weighted by molar-refractivity contribution is -0.150. The highest BCUT2D eigenvalue weighted by Gasteiger charge is 2.66. The Bertz CT molecular complexity index is 1680. The Hall–Kier alpha value is -3.58. The van der Waals surface area contributed by atoms with Gasteiger partial charge in [-0.05, 0) is 87.5 Å². The average Bonchev–Trinajstić information content (AvgIpc) is 3.75. The number of fused-ring (bicyclic) bond motifs is 2. The Morgan fingerprint density at radius 1 is 0.920 bits per heavy atom. The maximum atomic E-state index is 15.1. The molecule has 11 nitrogen and oxygen atoms in total. The van der Waals surface area contributed by atoms with E-state index in [-0.39, 0.29) is 49.2 Å². The number of hydrogen-bond donors (Lipinski definition) is 2. The van der Waals surface area contributed by atoms with Crippen LogP contribution in [0.25, 0.3) is 0 Å². The van der Waals surface area contributed by atoms with Crippen molar-refractivity contribution >= 4 is 49.0 Å². The first kappa shape index (κ1) is 34.8. The van der Waals surface area contributed by atoms with Crippen LogP contribution in [0.1, 0.15) is 75.8 Å². The Balaban J connectivity index is 1.28. The van der Waals surface area contributed by atoms with Gasteiger partial charge in [0.05, 0.1) is 37.4 Å². The third kappa shape index (κ3) is 5.97. The van der Waals surface area contributed by atoms with Crippen LogP contribution < -0.4 is 14.7 Å². The molecule has 268 valence electrons. The van der Waals surface area contributed by atoms with E-state index in [0.29, 0.717) is 49.4 Å². The summed E-state index contributed by atoms with van der Waals surface area (Å²) in [4.78, 5) is 73.5. The summed E-state index contributed by atoms with van der Waals surface area (Å²) >= 11 is 0. The minimum atomic E-state index is -3.03. The Morgan fingerprint density at radius 2 is 1.60 bits per heavy atom. The largest absolute Gasteiger partial charge is 0.432 e. The first-order chi connectivity index (χ1) is 23.9. The minimum absolute atomic E-state index is 0.00305. The number of rotatable bonds is 8. The Kier molecular flexibility index (Phi) is 9.42. The van der Waals surface area contributed by atoms with Crippen LogP contribution in [0.4, 0.5) is 17.1 Å². The molecule has 7 rings (SSSR count). The number of likely N-dealkylation sites (tertiary alicyclic amines) is 1. The molecule has 12 heteroatoms. The summed E-state index contributed by atoms with van der Waals surface area (Å²) in [6.07, 6.45) is 5.42. The Labute approximate surface area is 295 Å². The van der Waals surface area contributed by atoms with Crippen molar-refractivity contribution in [1.82, 2.24) is 4.90 Å². The number of amides is 4. The first-order valence-electron chi connectivity index (χ1n) is 18.4.